The molecule has 2 fully saturated rings. The van der Waals surface area contributed by atoms with Crippen LogP contribution in [0.2, 0.25) is 5.02 Å². The van der Waals surface area contributed by atoms with Crippen LogP contribution in [-0.4, -0.2) is 66.3 Å². The van der Waals surface area contributed by atoms with E-state index in [0.717, 1.165) is 17.1 Å². The Morgan fingerprint density at radius 1 is 1.05 bits per heavy atom. The number of amides is 2. The maximum atomic E-state index is 14.3. The third kappa shape index (κ3) is 5.94. The maximum Gasteiger partial charge on any atom is 0.318 e. The van der Waals surface area contributed by atoms with Gasteiger partial charge in [-0.2, -0.15) is 0 Å². The number of rotatable bonds is 6. The Labute approximate surface area is 235 Å². The van der Waals surface area contributed by atoms with E-state index in [1.54, 1.807) is 19.2 Å². The molecule has 206 valence electrons. The highest BCUT2D eigenvalue weighted by molar-refractivity contribution is 7.86. The number of anilines is 2. The Kier molecular flexibility index (Phi) is 8.46. The van der Waals surface area contributed by atoms with Gasteiger partial charge in [-0.25, -0.2) is 14.8 Å². The number of benzene rings is 2. The molecule has 2 amide bonds. The quantitative estimate of drug-likeness (QED) is 0.447. The molecule has 9 nitrogen and oxygen atoms in total. The molecular weight excluding hydrogens is 538 g/mol. The van der Waals surface area contributed by atoms with E-state index in [1.807, 2.05) is 42.5 Å². The molecule has 0 aliphatic carbocycles. The number of halogens is 1. The number of nitrogens with zero attached hydrogens (tertiary/aromatic N) is 3. The molecule has 2 saturated heterocycles. The molecule has 2 atom stereocenters. The van der Waals surface area contributed by atoms with Crippen molar-refractivity contribution in [2.24, 2.45) is 0 Å². The van der Waals surface area contributed by atoms with Crippen molar-refractivity contribution < 1.29 is 18.5 Å². The molecule has 3 heterocycles. The first-order valence-corrected chi connectivity index (χ1v) is 14.5. The zero-order valence-electron chi connectivity index (χ0n) is 22.0. The Morgan fingerprint density at radius 3 is 2.44 bits per heavy atom. The lowest BCUT2D eigenvalue weighted by Gasteiger charge is -2.38. The lowest BCUT2D eigenvalue weighted by molar-refractivity contribution is 0.0744. The fraction of sp³-hybridized carbons (Fsp3) is 0.393. The van der Waals surface area contributed by atoms with Gasteiger partial charge in [0.2, 0.25) is 0 Å². The van der Waals surface area contributed by atoms with Crippen LogP contribution in [0.15, 0.2) is 59.5 Å². The van der Waals surface area contributed by atoms with Crippen molar-refractivity contribution in [3.05, 3.63) is 65.3 Å². The summed E-state index contributed by atoms with van der Waals surface area (Å²) >= 11 is 6.13. The van der Waals surface area contributed by atoms with Gasteiger partial charge >= 0.3 is 6.03 Å². The number of morpholine rings is 1. The molecule has 2 aromatic carbocycles. The van der Waals surface area contributed by atoms with E-state index in [2.05, 4.69) is 22.5 Å². The summed E-state index contributed by atoms with van der Waals surface area (Å²) in [7, 11) is 0.154. The van der Waals surface area contributed by atoms with Gasteiger partial charge < -0.3 is 25.0 Å². The Bertz CT molecular complexity index is 1330. The minimum atomic E-state index is -1.41. The van der Waals surface area contributed by atoms with E-state index in [0.29, 0.717) is 67.2 Å². The van der Waals surface area contributed by atoms with Crippen molar-refractivity contribution in [1.29, 1.82) is 0 Å². The summed E-state index contributed by atoms with van der Waals surface area (Å²) in [6.45, 7) is 4.99. The van der Waals surface area contributed by atoms with E-state index in [4.69, 9.17) is 31.0 Å². The number of hydrogen-bond acceptors (Lipinski definition) is 7. The summed E-state index contributed by atoms with van der Waals surface area (Å²) in [5.41, 5.74) is 2.17. The van der Waals surface area contributed by atoms with Crippen LogP contribution < -0.4 is 15.5 Å². The zero-order valence-corrected chi connectivity index (χ0v) is 23.6. The van der Waals surface area contributed by atoms with Crippen molar-refractivity contribution in [3.63, 3.8) is 0 Å². The monoisotopic (exact) mass is 569 g/mol. The first-order chi connectivity index (χ1) is 18.9. The molecule has 2 aliphatic rings. The minimum absolute atomic E-state index is 0.126. The summed E-state index contributed by atoms with van der Waals surface area (Å²) < 4.78 is 24.9. The van der Waals surface area contributed by atoms with Crippen LogP contribution in [0.4, 0.5) is 16.3 Å². The standard InChI is InChI=1S/C28H32ClN5O4S/c1-19-18-38-16-13-34(19)25-17-24(32-26(33-25)20-3-7-22(8-4-20)31-27(35)30-2)28(11-14-37-15-12-28)39(36)23-9-5-21(29)6-10-23/h3-10,17,19H,11-16,18H2,1-2H3,(H2,30,31,35)/t19-,39?/m0/s1. The SMILES string of the molecule is CNC(=O)Nc1ccc(-c2nc(N3CCOC[C@@H]3C)cc(C3(S(=O)c4ccc(Cl)cc4)CCOCC3)n2)cc1. The Morgan fingerprint density at radius 2 is 1.77 bits per heavy atom. The van der Waals surface area contributed by atoms with E-state index < -0.39 is 15.5 Å². The van der Waals surface area contributed by atoms with Crippen LogP contribution in [0, 0.1) is 0 Å². The van der Waals surface area contributed by atoms with Gasteiger partial charge in [0.25, 0.3) is 0 Å². The number of urea groups is 1. The predicted molar refractivity (Wildman–Crippen MR) is 153 cm³/mol. The van der Waals surface area contributed by atoms with E-state index in [1.165, 1.54) is 0 Å². The normalized spacial score (nSPS) is 19.8. The molecule has 11 heteroatoms. The van der Waals surface area contributed by atoms with Crippen molar-refractivity contribution in [2.45, 2.75) is 35.4 Å². The number of carbonyl (C=O) groups is 1. The summed E-state index contributed by atoms with van der Waals surface area (Å²) in [6.07, 6.45) is 1.12. The summed E-state index contributed by atoms with van der Waals surface area (Å²) in [6, 6.07) is 16.4. The van der Waals surface area contributed by atoms with Crippen molar-refractivity contribution >= 4 is 39.9 Å². The van der Waals surface area contributed by atoms with Gasteiger partial charge in [0.15, 0.2) is 5.82 Å². The zero-order chi connectivity index (χ0) is 27.4. The van der Waals surface area contributed by atoms with Crippen LogP contribution in [0.5, 0.6) is 0 Å². The first kappa shape index (κ1) is 27.5. The van der Waals surface area contributed by atoms with Gasteiger partial charge in [0, 0.05) is 54.0 Å². The lowest BCUT2D eigenvalue weighted by Crippen LogP contribution is -2.45. The van der Waals surface area contributed by atoms with E-state index in [-0.39, 0.29) is 12.1 Å². The largest absolute Gasteiger partial charge is 0.381 e. The van der Waals surface area contributed by atoms with Crippen LogP contribution >= 0.6 is 11.6 Å². The molecule has 0 bridgehead atoms. The number of aromatic nitrogens is 2. The topological polar surface area (TPSA) is 106 Å². The number of hydrogen-bond donors (Lipinski definition) is 2. The highest BCUT2D eigenvalue weighted by Gasteiger charge is 2.43. The Hall–Kier alpha value is -3.05. The third-order valence-corrected chi connectivity index (χ3v) is 9.43. The predicted octanol–water partition coefficient (Wildman–Crippen LogP) is 4.59. The van der Waals surface area contributed by atoms with Crippen molar-refractivity contribution in [2.75, 3.05) is 50.2 Å². The smallest absolute Gasteiger partial charge is 0.318 e. The lowest BCUT2D eigenvalue weighted by atomic mass is 9.94. The second kappa shape index (κ2) is 12.0. The van der Waals surface area contributed by atoms with E-state index in [9.17, 15) is 9.00 Å². The first-order valence-electron chi connectivity index (χ1n) is 13.0. The third-order valence-electron chi connectivity index (χ3n) is 7.15. The fourth-order valence-electron chi connectivity index (χ4n) is 4.93. The Balaban J connectivity index is 1.61. The average molecular weight is 570 g/mol. The minimum Gasteiger partial charge on any atom is -0.381 e. The van der Waals surface area contributed by atoms with Crippen molar-refractivity contribution in [3.8, 4) is 11.4 Å². The molecule has 2 N–H and O–H groups in total. The summed E-state index contributed by atoms with van der Waals surface area (Å²) in [4.78, 5) is 24.7. The molecule has 3 aromatic rings. The summed E-state index contributed by atoms with van der Waals surface area (Å²) in [5, 5.41) is 5.91. The molecular formula is C28H32ClN5O4S. The van der Waals surface area contributed by atoms with E-state index >= 15 is 0 Å². The molecule has 0 spiro atoms. The molecule has 2 aliphatic heterocycles. The second-order valence-corrected chi connectivity index (χ2v) is 11.9. The molecule has 5 rings (SSSR count). The highest BCUT2D eigenvalue weighted by atomic mass is 35.5. The van der Waals surface area contributed by atoms with Crippen LogP contribution in [0.25, 0.3) is 11.4 Å². The van der Waals surface area contributed by atoms with Crippen LogP contribution in [-0.2, 0) is 25.0 Å². The number of ether oxygens (including phenoxy) is 2. The highest BCUT2D eigenvalue weighted by Crippen LogP contribution is 2.42. The van der Waals surface area contributed by atoms with Gasteiger partial charge in [-0.15, -0.1) is 0 Å². The van der Waals surface area contributed by atoms with Gasteiger partial charge in [-0.05, 0) is 68.3 Å². The van der Waals surface area contributed by atoms with Crippen LogP contribution in [0.1, 0.15) is 25.5 Å². The number of carbonyl (C=O) groups excluding carboxylic acids is 1. The molecule has 0 saturated carbocycles. The molecule has 0 radical (unpaired) electrons. The van der Waals surface area contributed by atoms with Gasteiger partial charge in [-0.3, -0.25) is 4.21 Å². The summed E-state index contributed by atoms with van der Waals surface area (Å²) in [5.74, 6) is 1.31. The molecule has 1 aromatic heterocycles. The molecule has 39 heavy (non-hydrogen) atoms. The second-order valence-electron chi connectivity index (χ2n) is 9.66. The molecule has 1 unspecified atom stereocenters. The van der Waals surface area contributed by atoms with Crippen LogP contribution in [0.3, 0.4) is 0 Å². The number of nitrogens with one attached hydrogen (secondary N) is 2. The van der Waals surface area contributed by atoms with Crippen molar-refractivity contribution in [1.82, 2.24) is 15.3 Å². The van der Waals surface area contributed by atoms with Gasteiger partial charge in [0.05, 0.1) is 40.5 Å². The maximum absolute atomic E-state index is 14.3. The van der Waals surface area contributed by atoms with Gasteiger partial charge in [-0.1, -0.05) is 11.6 Å². The van der Waals surface area contributed by atoms with Gasteiger partial charge in [0.1, 0.15) is 5.82 Å². The fourth-order valence-corrected chi connectivity index (χ4v) is 6.72. The average Bonchev–Trinajstić information content (AvgIpc) is 2.98.